The molecule has 0 amide bonds. The maximum Gasteiger partial charge on any atom is 0.122 e. The van der Waals surface area contributed by atoms with Crippen molar-refractivity contribution in [3.8, 4) is 6.07 Å². The Kier molecular flexibility index (Phi) is 3.83. The summed E-state index contributed by atoms with van der Waals surface area (Å²) in [5.74, 6) is 0. The zero-order valence-corrected chi connectivity index (χ0v) is 10.4. The van der Waals surface area contributed by atoms with Crippen LogP contribution >= 0.6 is 11.3 Å². The van der Waals surface area contributed by atoms with Crippen molar-refractivity contribution in [1.82, 2.24) is 4.98 Å². The molecule has 0 saturated carbocycles. The molecule has 0 N–H and O–H groups in total. The molecule has 0 spiro atoms. The highest BCUT2D eigenvalue weighted by Gasteiger charge is 2.28. The maximum absolute atomic E-state index is 8.57. The summed E-state index contributed by atoms with van der Waals surface area (Å²) < 4.78 is 5.46. The molecule has 1 atom stereocenters. The van der Waals surface area contributed by atoms with Crippen LogP contribution in [0.2, 0.25) is 0 Å². The quantitative estimate of drug-likeness (QED) is 0.793. The topological polar surface area (TPSA) is 45.9 Å². The summed E-state index contributed by atoms with van der Waals surface area (Å²) in [6, 6.07) is 2.10. The zero-order valence-electron chi connectivity index (χ0n) is 9.57. The van der Waals surface area contributed by atoms with Gasteiger partial charge >= 0.3 is 0 Å². The van der Waals surface area contributed by atoms with Gasteiger partial charge in [-0.2, -0.15) is 5.26 Å². The molecule has 3 nitrogen and oxygen atoms in total. The molecule has 0 radical (unpaired) electrons. The highest BCUT2D eigenvalue weighted by Crippen LogP contribution is 2.36. The molecule has 82 valence electrons. The van der Waals surface area contributed by atoms with E-state index in [1.807, 2.05) is 5.38 Å². The van der Waals surface area contributed by atoms with Gasteiger partial charge in [0.15, 0.2) is 0 Å². The predicted octanol–water partition coefficient (Wildman–Crippen LogP) is 2.94. The molecule has 0 aliphatic carbocycles. The van der Waals surface area contributed by atoms with Gasteiger partial charge in [0.2, 0.25) is 0 Å². The Hall–Kier alpha value is -0.920. The van der Waals surface area contributed by atoms with Crippen molar-refractivity contribution < 1.29 is 4.74 Å². The van der Waals surface area contributed by atoms with Crippen molar-refractivity contribution in [2.45, 2.75) is 33.3 Å². The molecule has 15 heavy (non-hydrogen) atoms. The number of rotatable bonds is 3. The number of thiazole rings is 1. The number of ether oxygens (including phenoxy) is 1. The molecular weight excluding hydrogens is 208 g/mol. The van der Waals surface area contributed by atoms with Crippen LogP contribution in [0.5, 0.6) is 0 Å². The monoisotopic (exact) mass is 224 g/mol. The van der Waals surface area contributed by atoms with Crippen LogP contribution in [0.1, 0.15) is 37.6 Å². The average Bonchev–Trinajstić information content (AvgIpc) is 2.52. The number of nitriles is 1. The second kappa shape index (κ2) is 4.73. The molecule has 1 aromatic rings. The highest BCUT2D eigenvalue weighted by atomic mass is 32.1. The summed E-state index contributed by atoms with van der Waals surface area (Å²) in [6.45, 7) is 6.35. The third kappa shape index (κ3) is 3.01. The van der Waals surface area contributed by atoms with Crippen LogP contribution in [0.25, 0.3) is 0 Å². The van der Waals surface area contributed by atoms with Gasteiger partial charge in [0.25, 0.3) is 0 Å². The van der Waals surface area contributed by atoms with Crippen LogP contribution in [-0.2, 0) is 11.2 Å². The largest absolute Gasteiger partial charge is 0.374 e. The van der Waals surface area contributed by atoms with Gasteiger partial charge in [-0.3, -0.25) is 0 Å². The van der Waals surface area contributed by atoms with Gasteiger partial charge < -0.3 is 4.74 Å². The Morgan fingerprint density at radius 1 is 1.60 bits per heavy atom. The molecule has 0 aliphatic heterocycles. The van der Waals surface area contributed by atoms with Gasteiger partial charge in [0, 0.05) is 12.5 Å². The molecule has 1 rings (SSSR count). The summed E-state index contributed by atoms with van der Waals surface area (Å²) in [4.78, 5) is 4.41. The summed E-state index contributed by atoms with van der Waals surface area (Å²) in [7, 11) is 1.70. The lowest BCUT2D eigenvalue weighted by atomic mass is 9.89. The minimum Gasteiger partial charge on any atom is -0.374 e. The Morgan fingerprint density at radius 2 is 2.27 bits per heavy atom. The van der Waals surface area contributed by atoms with E-state index in [0.29, 0.717) is 6.42 Å². The number of aromatic nitrogens is 1. The standard InChI is InChI=1S/C11H16N2OS/c1-11(2,3)9(14-4)10-13-8(5-6-12)7-15-10/h7,9H,5H2,1-4H3. The van der Waals surface area contributed by atoms with Crippen LogP contribution in [-0.4, -0.2) is 12.1 Å². The number of hydrogen-bond donors (Lipinski definition) is 0. The van der Waals surface area contributed by atoms with Crippen LogP contribution in [0.4, 0.5) is 0 Å². The van der Waals surface area contributed by atoms with Gasteiger partial charge in [-0.15, -0.1) is 11.3 Å². The normalized spacial score (nSPS) is 13.5. The lowest BCUT2D eigenvalue weighted by Crippen LogP contribution is -2.19. The fraction of sp³-hybridized carbons (Fsp3) is 0.636. The minimum atomic E-state index is -0.00468. The van der Waals surface area contributed by atoms with Crippen molar-refractivity contribution in [1.29, 1.82) is 5.26 Å². The van der Waals surface area contributed by atoms with E-state index in [1.54, 1.807) is 18.4 Å². The number of nitrogens with zero attached hydrogens (tertiary/aromatic N) is 2. The number of methoxy groups -OCH3 is 1. The van der Waals surface area contributed by atoms with E-state index in [1.165, 1.54) is 0 Å². The van der Waals surface area contributed by atoms with Crippen molar-refractivity contribution >= 4 is 11.3 Å². The van der Waals surface area contributed by atoms with Gasteiger partial charge in [-0.05, 0) is 5.41 Å². The SMILES string of the molecule is COC(c1nc(CC#N)cs1)C(C)(C)C. The second-order valence-electron chi connectivity index (χ2n) is 4.49. The third-order valence-electron chi connectivity index (χ3n) is 2.08. The van der Waals surface area contributed by atoms with E-state index in [9.17, 15) is 0 Å². The van der Waals surface area contributed by atoms with E-state index in [2.05, 4.69) is 31.8 Å². The fourth-order valence-electron chi connectivity index (χ4n) is 1.43. The molecule has 0 aromatic carbocycles. The highest BCUT2D eigenvalue weighted by molar-refractivity contribution is 7.09. The molecule has 0 fully saturated rings. The van der Waals surface area contributed by atoms with E-state index in [4.69, 9.17) is 10.00 Å². The lowest BCUT2D eigenvalue weighted by Gasteiger charge is -2.27. The summed E-state index contributed by atoms with van der Waals surface area (Å²) in [5, 5.41) is 11.4. The summed E-state index contributed by atoms with van der Waals surface area (Å²) >= 11 is 1.56. The number of hydrogen-bond acceptors (Lipinski definition) is 4. The van der Waals surface area contributed by atoms with Gasteiger partial charge in [-0.25, -0.2) is 4.98 Å². The van der Waals surface area contributed by atoms with E-state index < -0.39 is 0 Å². The molecule has 1 heterocycles. The van der Waals surface area contributed by atoms with Gasteiger partial charge in [0.1, 0.15) is 11.1 Å². The Morgan fingerprint density at radius 3 is 2.73 bits per heavy atom. The lowest BCUT2D eigenvalue weighted by molar-refractivity contribution is 0.0150. The first kappa shape index (κ1) is 12.2. The molecule has 1 aromatic heterocycles. The second-order valence-corrected chi connectivity index (χ2v) is 5.38. The van der Waals surface area contributed by atoms with E-state index in [0.717, 1.165) is 10.7 Å². The Bertz CT molecular complexity index is 359. The molecule has 0 bridgehead atoms. The first-order valence-corrected chi connectivity index (χ1v) is 5.71. The fourth-order valence-corrected chi connectivity index (χ4v) is 2.57. The van der Waals surface area contributed by atoms with Crippen molar-refractivity contribution in [3.63, 3.8) is 0 Å². The molecule has 0 saturated heterocycles. The van der Waals surface area contributed by atoms with Crippen molar-refractivity contribution in [2.24, 2.45) is 5.41 Å². The Labute approximate surface area is 94.7 Å². The van der Waals surface area contributed by atoms with Crippen LogP contribution in [0.15, 0.2) is 5.38 Å². The maximum atomic E-state index is 8.57. The Balaban J connectivity index is 2.89. The average molecular weight is 224 g/mol. The van der Waals surface area contributed by atoms with E-state index in [-0.39, 0.29) is 11.5 Å². The molecule has 1 unspecified atom stereocenters. The molecule has 4 heteroatoms. The smallest absolute Gasteiger partial charge is 0.122 e. The summed E-state index contributed by atoms with van der Waals surface area (Å²) in [5.41, 5.74) is 0.861. The van der Waals surface area contributed by atoms with E-state index >= 15 is 0 Å². The first-order valence-electron chi connectivity index (χ1n) is 4.83. The first-order chi connectivity index (χ1) is 6.99. The molecule has 0 aliphatic rings. The van der Waals surface area contributed by atoms with Crippen molar-refractivity contribution in [3.05, 3.63) is 16.1 Å². The van der Waals surface area contributed by atoms with Crippen LogP contribution in [0.3, 0.4) is 0 Å². The van der Waals surface area contributed by atoms with Gasteiger partial charge in [0.05, 0.1) is 18.2 Å². The summed E-state index contributed by atoms with van der Waals surface area (Å²) in [6.07, 6.45) is 0.367. The molecular formula is C11H16N2OS. The third-order valence-corrected chi connectivity index (χ3v) is 3.01. The van der Waals surface area contributed by atoms with Gasteiger partial charge in [-0.1, -0.05) is 20.8 Å². The van der Waals surface area contributed by atoms with Crippen LogP contribution in [0, 0.1) is 16.7 Å². The van der Waals surface area contributed by atoms with Crippen LogP contribution < -0.4 is 0 Å². The minimum absolute atomic E-state index is 0.00468. The predicted molar refractivity (Wildman–Crippen MR) is 60.6 cm³/mol. The van der Waals surface area contributed by atoms with Crippen molar-refractivity contribution in [2.75, 3.05) is 7.11 Å². The zero-order chi connectivity index (χ0) is 11.5.